The Morgan fingerprint density at radius 2 is 2.16 bits per heavy atom. The van der Waals surface area contributed by atoms with Gasteiger partial charge in [-0.3, -0.25) is 14.0 Å². The first-order valence-electron chi connectivity index (χ1n) is 7.93. The second kappa shape index (κ2) is 7.16. The van der Waals surface area contributed by atoms with Crippen LogP contribution in [0.5, 0.6) is 0 Å². The van der Waals surface area contributed by atoms with E-state index in [9.17, 15) is 9.59 Å². The standard InChI is InChI=1S/C18H20N4O2S/c1-12-6-7-16-19-9-13(18(24)22(16)11-12)17(23)20-10-14(21(2)3)15-5-4-8-25-15/h4-9,11,14H,10H2,1-3H3,(H,20,23). The number of amides is 1. The molecule has 0 aliphatic carbocycles. The van der Waals surface area contributed by atoms with Gasteiger partial charge in [0.25, 0.3) is 11.5 Å². The highest BCUT2D eigenvalue weighted by molar-refractivity contribution is 7.10. The fourth-order valence-electron chi connectivity index (χ4n) is 2.64. The van der Waals surface area contributed by atoms with E-state index in [1.807, 2.05) is 49.5 Å². The van der Waals surface area contributed by atoms with Gasteiger partial charge in [-0.1, -0.05) is 12.1 Å². The number of carbonyl (C=O) groups excluding carboxylic acids is 1. The first-order chi connectivity index (χ1) is 12.0. The number of likely N-dealkylation sites (N-methyl/N-ethyl adjacent to an activating group) is 1. The summed E-state index contributed by atoms with van der Waals surface area (Å²) in [4.78, 5) is 32.5. The molecule has 130 valence electrons. The lowest BCUT2D eigenvalue weighted by molar-refractivity contribution is 0.0940. The largest absolute Gasteiger partial charge is 0.350 e. The highest BCUT2D eigenvalue weighted by atomic mass is 32.1. The monoisotopic (exact) mass is 356 g/mol. The van der Waals surface area contributed by atoms with E-state index in [2.05, 4.69) is 10.3 Å². The van der Waals surface area contributed by atoms with Crippen molar-refractivity contribution in [2.45, 2.75) is 13.0 Å². The van der Waals surface area contributed by atoms with Crippen LogP contribution in [-0.4, -0.2) is 40.8 Å². The molecule has 0 radical (unpaired) electrons. The SMILES string of the molecule is Cc1ccc2ncc(C(=O)NCC(c3cccs3)N(C)C)c(=O)n2c1. The van der Waals surface area contributed by atoms with Crippen LogP contribution in [0.3, 0.4) is 0 Å². The maximum Gasteiger partial charge on any atom is 0.270 e. The average molecular weight is 356 g/mol. The van der Waals surface area contributed by atoms with Crippen molar-refractivity contribution in [1.82, 2.24) is 19.6 Å². The zero-order chi connectivity index (χ0) is 18.0. The number of thiophene rings is 1. The molecule has 0 bridgehead atoms. The zero-order valence-electron chi connectivity index (χ0n) is 14.4. The van der Waals surface area contributed by atoms with Crippen molar-refractivity contribution in [2.75, 3.05) is 20.6 Å². The highest BCUT2D eigenvalue weighted by Gasteiger charge is 2.18. The number of aryl methyl sites for hydroxylation is 1. The van der Waals surface area contributed by atoms with Gasteiger partial charge in [0, 0.05) is 23.8 Å². The molecule has 0 aromatic carbocycles. The Bertz CT molecular complexity index is 947. The summed E-state index contributed by atoms with van der Waals surface area (Å²) in [5.74, 6) is -0.406. The van der Waals surface area contributed by atoms with E-state index in [0.29, 0.717) is 12.2 Å². The molecule has 0 spiro atoms. The van der Waals surface area contributed by atoms with Gasteiger partial charge in [0.1, 0.15) is 11.2 Å². The third kappa shape index (κ3) is 3.62. The van der Waals surface area contributed by atoms with Crippen molar-refractivity contribution >= 4 is 22.9 Å². The summed E-state index contributed by atoms with van der Waals surface area (Å²) in [6.07, 6.45) is 3.04. The van der Waals surface area contributed by atoms with Crippen LogP contribution in [-0.2, 0) is 0 Å². The van der Waals surface area contributed by atoms with E-state index < -0.39 is 5.91 Å². The lowest BCUT2D eigenvalue weighted by Crippen LogP contribution is -2.37. The molecule has 3 aromatic rings. The van der Waals surface area contributed by atoms with E-state index in [0.717, 1.165) is 10.4 Å². The van der Waals surface area contributed by atoms with Gasteiger partial charge in [-0.2, -0.15) is 0 Å². The normalized spacial score (nSPS) is 12.5. The van der Waals surface area contributed by atoms with Crippen molar-refractivity contribution in [1.29, 1.82) is 0 Å². The van der Waals surface area contributed by atoms with Gasteiger partial charge < -0.3 is 10.2 Å². The fourth-order valence-corrected chi connectivity index (χ4v) is 3.56. The van der Waals surface area contributed by atoms with Crippen LogP contribution in [0.25, 0.3) is 5.65 Å². The number of hydrogen-bond acceptors (Lipinski definition) is 5. The lowest BCUT2D eigenvalue weighted by Gasteiger charge is -2.23. The molecule has 1 amide bonds. The van der Waals surface area contributed by atoms with Crippen LogP contribution in [0.15, 0.2) is 46.8 Å². The molecule has 0 fully saturated rings. The predicted molar refractivity (Wildman–Crippen MR) is 99.3 cm³/mol. The Morgan fingerprint density at radius 3 is 2.84 bits per heavy atom. The molecular formula is C18H20N4O2S. The van der Waals surface area contributed by atoms with Gasteiger partial charge >= 0.3 is 0 Å². The van der Waals surface area contributed by atoms with E-state index in [1.54, 1.807) is 23.6 Å². The number of nitrogens with one attached hydrogen (secondary N) is 1. The van der Waals surface area contributed by atoms with Crippen LogP contribution in [0.1, 0.15) is 26.8 Å². The number of nitrogens with zero attached hydrogens (tertiary/aromatic N) is 3. The average Bonchev–Trinajstić information content (AvgIpc) is 3.09. The van der Waals surface area contributed by atoms with Crippen molar-refractivity contribution in [3.63, 3.8) is 0 Å². The summed E-state index contributed by atoms with van der Waals surface area (Å²) in [6, 6.07) is 7.72. The summed E-state index contributed by atoms with van der Waals surface area (Å²) in [5, 5.41) is 4.87. The molecular weight excluding hydrogens is 336 g/mol. The van der Waals surface area contributed by atoms with Gasteiger partial charge in [-0.15, -0.1) is 11.3 Å². The van der Waals surface area contributed by atoms with Crippen LogP contribution >= 0.6 is 11.3 Å². The van der Waals surface area contributed by atoms with E-state index >= 15 is 0 Å². The molecule has 6 nitrogen and oxygen atoms in total. The molecule has 1 unspecified atom stereocenters. The van der Waals surface area contributed by atoms with Crippen LogP contribution in [0, 0.1) is 6.92 Å². The number of aromatic nitrogens is 2. The Hall–Kier alpha value is -2.51. The molecule has 0 aliphatic rings. The third-order valence-electron chi connectivity index (χ3n) is 4.05. The first kappa shape index (κ1) is 17.3. The smallest absolute Gasteiger partial charge is 0.270 e. The third-order valence-corrected chi connectivity index (χ3v) is 5.02. The van der Waals surface area contributed by atoms with Gasteiger partial charge in [0.15, 0.2) is 0 Å². The topological polar surface area (TPSA) is 66.7 Å². The molecule has 0 saturated heterocycles. The molecule has 1 N–H and O–H groups in total. The Balaban J connectivity index is 1.83. The van der Waals surface area contributed by atoms with Crippen molar-refractivity contribution in [3.05, 3.63) is 68.4 Å². The van der Waals surface area contributed by atoms with E-state index in [1.165, 1.54) is 10.6 Å². The molecule has 3 aromatic heterocycles. The minimum Gasteiger partial charge on any atom is -0.350 e. The molecule has 0 saturated carbocycles. The summed E-state index contributed by atoms with van der Waals surface area (Å²) in [6.45, 7) is 2.31. The molecule has 1 atom stereocenters. The molecule has 3 heterocycles. The van der Waals surface area contributed by atoms with Crippen LogP contribution < -0.4 is 10.9 Å². The second-order valence-corrected chi connectivity index (χ2v) is 7.10. The lowest BCUT2D eigenvalue weighted by atomic mass is 10.2. The van der Waals surface area contributed by atoms with Gasteiger partial charge in [-0.25, -0.2) is 4.98 Å². The first-order valence-corrected chi connectivity index (χ1v) is 8.81. The molecule has 0 aliphatic heterocycles. The second-order valence-electron chi connectivity index (χ2n) is 6.12. The van der Waals surface area contributed by atoms with E-state index in [4.69, 9.17) is 0 Å². The Morgan fingerprint density at radius 1 is 1.36 bits per heavy atom. The van der Waals surface area contributed by atoms with Gasteiger partial charge in [0.05, 0.1) is 6.04 Å². The maximum absolute atomic E-state index is 12.6. The van der Waals surface area contributed by atoms with Crippen molar-refractivity contribution in [3.8, 4) is 0 Å². The summed E-state index contributed by atoms with van der Waals surface area (Å²) in [7, 11) is 3.93. The summed E-state index contributed by atoms with van der Waals surface area (Å²) in [5.41, 5.74) is 1.15. The fraction of sp³-hybridized carbons (Fsp3) is 0.278. The Labute approximate surface area is 149 Å². The number of hydrogen-bond donors (Lipinski definition) is 1. The van der Waals surface area contributed by atoms with Crippen molar-refractivity contribution in [2.24, 2.45) is 0 Å². The predicted octanol–water partition coefficient (Wildman–Crippen LogP) is 2.10. The minimum absolute atomic E-state index is 0.0479. The highest BCUT2D eigenvalue weighted by Crippen LogP contribution is 2.22. The number of fused-ring (bicyclic) bond motifs is 1. The summed E-state index contributed by atoms with van der Waals surface area (Å²) < 4.78 is 1.41. The number of carbonyl (C=O) groups is 1. The minimum atomic E-state index is -0.406. The zero-order valence-corrected chi connectivity index (χ0v) is 15.2. The van der Waals surface area contributed by atoms with Gasteiger partial charge in [-0.05, 0) is 44.1 Å². The quantitative estimate of drug-likeness (QED) is 0.760. The summed E-state index contributed by atoms with van der Waals surface area (Å²) >= 11 is 1.64. The number of rotatable bonds is 5. The van der Waals surface area contributed by atoms with Crippen LogP contribution in [0.2, 0.25) is 0 Å². The van der Waals surface area contributed by atoms with Gasteiger partial charge in [0.2, 0.25) is 0 Å². The molecule has 25 heavy (non-hydrogen) atoms. The maximum atomic E-state index is 12.6. The molecule has 3 rings (SSSR count). The molecule has 7 heteroatoms. The Kier molecular flexibility index (Phi) is 4.96. The number of pyridine rings is 1. The van der Waals surface area contributed by atoms with E-state index in [-0.39, 0.29) is 17.2 Å². The van der Waals surface area contributed by atoms with Crippen LogP contribution in [0.4, 0.5) is 0 Å². The van der Waals surface area contributed by atoms with Crippen molar-refractivity contribution < 1.29 is 4.79 Å².